The van der Waals surface area contributed by atoms with Crippen molar-refractivity contribution in [3.63, 3.8) is 0 Å². The fraction of sp³-hybridized carbons (Fsp3) is 0.0667. The van der Waals surface area contributed by atoms with Crippen molar-refractivity contribution in [2.24, 2.45) is 0 Å². The van der Waals surface area contributed by atoms with Crippen LogP contribution in [0.15, 0.2) is 48.5 Å². The summed E-state index contributed by atoms with van der Waals surface area (Å²) in [5.74, 6) is -2.48. The van der Waals surface area contributed by atoms with Crippen molar-refractivity contribution in [1.29, 1.82) is 0 Å². The lowest BCUT2D eigenvalue weighted by atomic mass is 10.1. The highest BCUT2D eigenvalue weighted by Gasteiger charge is 2.22. The molecule has 2 rings (SSSR count). The lowest BCUT2D eigenvalue weighted by Gasteiger charge is -2.15. The fourth-order valence-electron chi connectivity index (χ4n) is 1.78. The number of nitrogens with one attached hydrogen (secondary N) is 1. The van der Waals surface area contributed by atoms with Gasteiger partial charge in [0.2, 0.25) is 0 Å². The molecular weight excluding hydrogens is 297 g/mol. The molecule has 0 spiro atoms. The number of carbonyl (C=O) groups excluding carboxylic acids is 1. The number of halogens is 2. The normalized spacial score (nSPS) is 11.7. The number of benzene rings is 2. The summed E-state index contributed by atoms with van der Waals surface area (Å²) in [5.41, 5.74) is 0.523. The molecule has 1 amide bonds. The van der Waals surface area contributed by atoms with E-state index in [9.17, 15) is 19.1 Å². The second kappa shape index (κ2) is 6.37. The van der Waals surface area contributed by atoms with Gasteiger partial charge in [0.05, 0.1) is 5.02 Å². The summed E-state index contributed by atoms with van der Waals surface area (Å²) in [4.78, 5) is 23.3. The Kier molecular flexibility index (Phi) is 4.55. The third kappa shape index (κ3) is 3.58. The molecule has 0 bridgehead atoms. The predicted molar refractivity (Wildman–Crippen MR) is 75.7 cm³/mol. The van der Waals surface area contributed by atoms with Crippen LogP contribution in [0.3, 0.4) is 0 Å². The van der Waals surface area contributed by atoms with Crippen LogP contribution in [0.5, 0.6) is 0 Å². The second-order valence-corrected chi connectivity index (χ2v) is 4.69. The SMILES string of the molecule is O=C(N[C@H](C(=O)O)c1ccccc1)c1ccc(F)c(Cl)c1. The number of carbonyl (C=O) groups is 2. The fourth-order valence-corrected chi connectivity index (χ4v) is 1.97. The van der Waals surface area contributed by atoms with E-state index in [2.05, 4.69) is 5.32 Å². The van der Waals surface area contributed by atoms with E-state index in [1.54, 1.807) is 30.3 Å². The summed E-state index contributed by atoms with van der Waals surface area (Å²) in [6.45, 7) is 0. The lowest BCUT2D eigenvalue weighted by molar-refractivity contribution is -0.139. The summed E-state index contributed by atoms with van der Waals surface area (Å²) in [6, 6.07) is 10.5. The zero-order chi connectivity index (χ0) is 15.4. The lowest BCUT2D eigenvalue weighted by Crippen LogP contribution is -2.33. The first-order valence-corrected chi connectivity index (χ1v) is 6.40. The maximum absolute atomic E-state index is 13.1. The number of aliphatic carboxylic acids is 1. The predicted octanol–water partition coefficient (Wildman–Crippen LogP) is 3.03. The van der Waals surface area contributed by atoms with E-state index in [1.807, 2.05) is 0 Å². The first kappa shape index (κ1) is 15.0. The quantitative estimate of drug-likeness (QED) is 0.912. The number of carboxylic acids is 1. The molecule has 0 saturated heterocycles. The maximum Gasteiger partial charge on any atom is 0.330 e. The van der Waals surface area contributed by atoms with Crippen molar-refractivity contribution in [2.75, 3.05) is 0 Å². The Hall–Kier alpha value is -2.40. The third-order valence-electron chi connectivity index (χ3n) is 2.84. The molecule has 0 aliphatic carbocycles. The van der Waals surface area contributed by atoms with E-state index >= 15 is 0 Å². The number of hydrogen-bond donors (Lipinski definition) is 2. The first-order chi connectivity index (χ1) is 9.99. The Morgan fingerprint density at radius 2 is 1.81 bits per heavy atom. The molecule has 2 aromatic rings. The molecule has 6 heteroatoms. The molecule has 0 aliphatic heterocycles. The highest BCUT2D eigenvalue weighted by Crippen LogP contribution is 2.18. The summed E-state index contributed by atoms with van der Waals surface area (Å²) in [5, 5.41) is 11.4. The highest BCUT2D eigenvalue weighted by molar-refractivity contribution is 6.31. The Balaban J connectivity index is 2.23. The van der Waals surface area contributed by atoms with Gasteiger partial charge in [-0.15, -0.1) is 0 Å². The van der Waals surface area contributed by atoms with Crippen molar-refractivity contribution in [3.05, 3.63) is 70.5 Å². The van der Waals surface area contributed by atoms with Gasteiger partial charge in [-0.25, -0.2) is 9.18 Å². The molecule has 0 fully saturated rings. The minimum atomic E-state index is -1.19. The molecule has 108 valence electrons. The van der Waals surface area contributed by atoms with Crippen molar-refractivity contribution in [1.82, 2.24) is 5.32 Å². The van der Waals surface area contributed by atoms with E-state index in [0.29, 0.717) is 5.56 Å². The number of hydrogen-bond acceptors (Lipinski definition) is 2. The van der Waals surface area contributed by atoms with E-state index in [0.717, 1.165) is 12.1 Å². The van der Waals surface area contributed by atoms with Gasteiger partial charge in [-0.2, -0.15) is 0 Å². The van der Waals surface area contributed by atoms with Gasteiger partial charge < -0.3 is 10.4 Å². The van der Waals surface area contributed by atoms with Gasteiger partial charge in [0.15, 0.2) is 6.04 Å². The van der Waals surface area contributed by atoms with Crippen LogP contribution in [0, 0.1) is 5.82 Å². The Labute approximate surface area is 125 Å². The maximum atomic E-state index is 13.1. The number of carboxylic acid groups (broad SMARTS) is 1. The van der Waals surface area contributed by atoms with E-state index < -0.39 is 23.7 Å². The van der Waals surface area contributed by atoms with Gasteiger partial charge in [0.1, 0.15) is 5.82 Å². The van der Waals surface area contributed by atoms with Gasteiger partial charge >= 0.3 is 5.97 Å². The largest absolute Gasteiger partial charge is 0.479 e. The monoisotopic (exact) mass is 307 g/mol. The third-order valence-corrected chi connectivity index (χ3v) is 3.13. The van der Waals surface area contributed by atoms with Gasteiger partial charge in [0.25, 0.3) is 5.91 Å². The van der Waals surface area contributed by atoms with Crippen LogP contribution in [-0.4, -0.2) is 17.0 Å². The first-order valence-electron chi connectivity index (χ1n) is 6.02. The molecule has 0 heterocycles. The summed E-state index contributed by atoms with van der Waals surface area (Å²) in [7, 11) is 0. The molecule has 0 radical (unpaired) electrons. The standard InChI is InChI=1S/C15H11ClFNO3/c16-11-8-10(6-7-12(11)17)14(19)18-13(15(20)21)9-4-2-1-3-5-9/h1-8,13H,(H,18,19)(H,20,21)/t13-/m0/s1. The summed E-state index contributed by atoms with van der Waals surface area (Å²) >= 11 is 5.60. The molecule has 4 nitrogen and oxygen atoms in total. The van der Waals surface area contributed by atoms with Crippen molar-refractivity contribution in [3.8, 4) is 0 Å². The minimum absolute atomic E-state index is 0.0866. The molecule has 0 aliphatic rings. The van der Waals surface area contributed by atoms with Gasteiger partial charge in [-0.05, 0) is 23.8 Å². The highest BCUT2D eigenvalue weighted by atomic mass is 35.5. The van der Waals surface area contributed by atoms with E-state index in [4.69, 9.17) is 11.6 Å². The average Bonchev–Trinajstić information content (AvgIpc) is 2.48. The van der Waals surface area contributed by atoms with Crippen molar-refractivity contribution in [2.45, 2.75) is 6.04 Å². The van der Waals surface area contributed by atoms with Crippen molar-refractivity contribution < 1.29 is 19.1 Å². The zero-order valence-corrected chi connectivity index (χ0v) is 11.5. The molecule has 1 atom stereocenters. The van der Waals surface area contributed by atoms with E-state index in [1.165, 1.54) is 6.07 Å². The molecular formula is C15H11ClFNO3. The van der Waals surface area contributed by atoms with Gasteiger partial charge in [-0.3, -0.25) is 4.79 Å². The summed E-state index contributed by atoms with van der Waals surface area (Å²) < 4.78 is 13.1. The van der Waals surface area contributed by atoms with Crippen LogP contribution in [-0.2, 0) is 4.79 Å². The second-order valence-electron chi connectivity index (χ2n) is 4.28. The van der Waals surface area contributed by atoms with Crippen LogP contribution in [0.2, 0.25) is 5.02 Å². The molecule has 0 aromatic heterocycles. The van der Waals surface area contributed by atoms with Crippen LogP contribution < -0.4 is 5.32 Å². The molecule has 2 aromatic carbocycles. The zero-order valence-electron chi connectivity index (χ0n) is 10.7. The number of rotatable bonds is 4. The molecule has 21 heavy (non-hydrogen) atoms. The average molecular weight is 308 g/mol. The minimum Gasteiger partial charge on any atom is -0.479 e. The summed E-state index contributed by atoms with van der Waals surface area (Å²) in [6.07, 6.45) is 0. The van der Waals surface area contributed by atoms with Gasteiger partial charge in [-0.1, -0.05) is 41.9 Å². The van der Waals surface area contributed by atoms with Crippen molar-refractivity contribution >= 4 is 23.5 Å². The molecule has 0 unspecified atom stereocenters. The van der Waals surface area contributed by atoms with Gasteiger partial charge in [0, 0.05) is 5.56 Å². The topological polar surface area (TPSA) is 66.4 Å². The molecule has 2 N–H and O–H groups in total. The van der Waals surface area contributed by atoms with Crippen LogP contribution >= 0.6 is 11.6 Å². The molecule has 0 saturated carbocycles. The Morgan fingerprint density at radius 3 is 2.38 bits per heavy atom. The van der Waals surface area contributed by atoms with E-state index in [-0.39, 0.29) is 10.6 Å². The van der Waals surface area contributed by atoms with Crippen LogP contribution in [0.1, 0.15) is 22.0 Å². The Morgan fingerprint density at radius 1 is 1.14 bits per heavy atom. The van der Waals surface area contributed by atoms with Crippen LogP contribution in [0.25, 0.3) is 0 Å². The Bertz CT molecular complexity index is 676. The number of amides is 1. The smallest absolute Gasteiger partial charge is 0.330 e. The van der Waals surface area contributed by atoms with Crippen LogP contribution in [0.4, 0.5) is 4.39 Å².